The van der Waals surface area contributed by atoms with Crippen LogP contribution in [0.1, 0.15) is 26.7 Å². The minimum absolute atomic E-state index is 0.0314. The molecule has 2 rings (SSSR count). The standard InChI is InChI=1S/C14H24N2O3/c1-14(2)10(11(14)13(18)19)12(17)16-7-5-6-9(8-16)15(3)4/h9-11H,5-8H2,1-4H3,(H,18,19)/t9?,10-,11+/m1/s1. The molecule has 5 nitrogen and oxygen atoms in total. The lowest BCUT2D eigenvalue weighted by Gasteiger charge is -2.36. The van der Waals surface area contributed by atoms with Crippen LogP contribution in [-0.2, 0) is 9.59 Å². The van der Waals surface area contributed by atoms with Gasteiger partial charge in [-0.15, -0.1) is 0 Å². The number of nitrogens with zero attached hydrogens (tertiary/aromatic N) is 2. The second-order valence-corrected chi connectivity index (χ2v) is 6.66. The quantitative estimate of drug-likeness (QED) is 0.826. The number of carboxylic acid groups (broad SMARTS) is 1. The van der Waals surface area contributed by atoms with Crippen molar-refractivity contribution in [2.45, 2.75) is 32.7 Å². The van der Waals surface area contributed by atoms with Gasteiger partial charge in [-0.1, -0.05) is 13.8 Å². The number of carbonyl (C=O) groups excluding carboxylic acids is 1. The van der Waals surface area contributed by atoms with Gasteiger partial charge in [0.25, 0.3) is 0 Å². The van der Waals surface area contributed by atoms with Crippen molar-refractivity contribution in [1.82, 2.24) is 9.80 Å². The molecule has 2 fully saturated rings. The lowest BCUT2D eigenvalue weighted by Crippen LogP contribution is -2.48. The molecule has 0 radical (unpaired) electrons. The van der Waals surface area contributed by atoms with Crippen molar-refractivity contribution >= 4 is 11.9 Å². The Morgan fingerprint density at radius 2 is 1.89 bits per heavy atom. The third-order valence-electron chi connectivity index (χ3n) is 4.80. The molecule has 3 atom stereocenters. The third kappa shape index (κ3) is 2.48. The molecule has 0 aromatic rings. The number of piperidine rings is 1. The van der Waals surface area contributed by atoms with E-state index in [0.717, 1.165) is 25.9 Å². The van der Waals surface area contributed by atoms with E-state index in [1.165, 1.54) is 0 Å². The van der Waals surface area contributed by atoms with Crippen LogP contribution in [0, 0.1) is 17.3 Å². The molecule has 1 unspecified atom stereocenters. The van der Waals surface area contributed by atoms with E-state index in [-0.39, 0.29) is 11.8 Å². The molecule has 1 aliphatic carbocycles. The molecule has 0 aromatic heterocycles. The highest BCUT2D eigenvalue weighted by Crippen LogP contribution is 2.59. The fraction of sp³-hybridized carbons (Fsp3) is 0.857. The summed E-state index contributed by atoms with van der Waals surface area (Å²) in [4.78, 5) is 27.7. The molecule has 1 amide bonds. The van der Waals surface area contributed by atoms with E-state index in [2.05, 4.69) is 4.90 Å². The molecule has 0 aromatic carbocycles. The van der Waals surface area contributed by atoms with Gasteiger partial charge in [-0.05, 0) is 32.4 Å². The minimum Gasteiger partial charge on any atom is -0.481 e. The Balaban J connectivity index is 2.03. The Morgan fingerprint density at radius 1 is 1.26 bits per heavy atom. The van der Waals surface area contributed by atoms with Crippen molar-refractivity contribution < 1.29 is 14.7 Å². The van der Waals surface area contributed by atoms with Crippen LogP contribution < -0.4 is 0 Å². The lowest BCUT2D eigenvalue weighted by molar-refractivity contribution is -0.142. The summed E-state index contributed by atoms with van der Waals surface area (Å²) < 4.78 is 0. The average Bonchev–Trinajstić information content (AvgIpc) is 2.91. The van der Waals surface area contributed by atoms with Crippen LogP contribution in [0.15, 0.2) is 0 Å². The monoisotopic (exact) mass is 268 g/mol. The van der Waals surface area contributed by atoms with Gasteiger partial charge in [0.1, 0.15) is 0 Å². The molecule has 1 heterocycles. The van der Waals surface area contributed by atoms with Crippen LogP contribution in [0.25, 0.3) is 0 Å². The Hall–Kier alpha value is -1.10. The topological polar surface area (TPSA) is 60.9 Å². The molecule has 5 heteroatoms. The first-order valence-electron chi connectivity index (χ1n) is 6.95. The minimum atomic E-state index is -0.843. The number of likely N-dealkylation sites (tertiary alicyclic amines) is 1. The molecule has 2 aliphatic rings. The number of likely N-dealkylation sites (N-methyl/N-ethyl adjacent to an activating group) is 1. The maximum Gasteiger partial charge on any atom is 0.307 e. The lowest BCUT2D eigenvalue weighted by atomic mass is 10.0. The van der Waals surface area contributed by atoms with E-state index >= 15 is 0 Å². The molecular formula is C14H24N2O3. The average molecular weight is 268 g/mol. The number of aliphatic carboxylic acids is 1. The summed E-state index contributed by atoms with van der Waals surface area (Å²) in [6, 6.07) is 0.392. The Labute approximate surface area is 114 Å². The smallest absolute Gasteiger partial charge is 0.307 e. The van der Waals surface area contributed by atoms with Crippen molar-refractivity contribution in [3.63, 3.8) is 0 Å². The van der Waals surface area contributed by atoms with Crippen molar-refractivity contribution in [2.75, 3.05) is 27.2 Å². The number of carboxylic acids is 1. The summed E-state index contributed by atoms with van der Waals surface area (Å²) in [5.41, 5.74) is -0.395. The number of rotatable bonds is 3. The first kappa shape index (κ1) is 14.3. The zero-order valence-corrected chi connectivity index (χ0v) is 12.2. The highest BCUT2D eigenvalue weighted by atomic mass is 16.4. The molecule has 1 saturated carbocycles. The Bertz CT molecular complexity index is 392. The molecular weight excluding hydrogens is 244 g/mol. The summed E-state index contributed by atoms with van der Waals surface area (Å²) in [5, 5.41) is 9.17. The van der Waals surface area contributed by atoms with Gasteiger partial charge < -0.3 is 14.9 Å². The molecule has 1 aliphatic heterocycles. The van der Waals surface area contributed by atoms with Gasteiger partial charge >= 0.3 is 5.97 Å². The van der Waals surface area contributed by atoms with Gasteiger partial charge in [-0.2, -0.15) is 0 Å². The van der Waals surface area contributed by atoms with Crippen LogP contribution in [-0.4, -0.2) is 60.0 Å². The normalized spacial score (nSPS) is 33.3. The number of hydrogen-bond donors (Lipinski definition) is 1. The summed E-state index contributed by atoms with van der Waals surface area (Å²) in [5.74, 6) is -1.67. The van der Waals surface area contributed by atoms with E-state index < -0.39 is 17.3 Å². The summed E-state index contributed by atoms with van der Waals surface area (Å²) in [7, 11) is 4.06. The van der Waals surface area contributed by atoms with E-state index in [1.54, 1.807) is 0 Å². The van der Waals surface area contributed by atoms with Crippen LogP contribution in [0.5, 0.6) is 0 Å². The maximum atomic E-state index is 12.5. The fourth-order valence-electron chi connectivity index (χ4n) is 3.33. The number of carbonyl (C=O) groups is 2. The zero-order chi connectivity index (χ0) is 14.4. The van der Waals surface area contributed by atoms with Crippen molar-refractivity contribution in [1.29, 1.82) is 0 Å². The second kappa shape index (κ2) is 4.78. The van der Waals surface area contributed by atoms with Crippen molar-refractivity contribution in [3.05, 3.63) is 0 Å². The van der Waals surface area contributed by atoms with Crippen LogP contribution in [0.4, 0.5) is 0 Å². The molecule has 108 valence electrons. The molecule has 19 heavy (non-hydrogen) atoms. The van der Waals surface area contributed by atoms with Crippen LogP contribution in [0.3, 0.4) is 0 Å². The Kier molecular flexibility index (Phi) is 3.60. The van der Waals surface area contributed by atoms with Crippen LogP contribution in [0.2, 0.25) is 0 Å². The summed E-state index contributed by atoms with van der Waals surface area (Å²) in [6.07, 6.45) is 2.10. The predicted molar refractivity (Wildman–Crippen MR) is 71.7 cm³/mol. The summed E-state index contributed by atoms with van der Waals surface area (Å²) in [6.45, 7) is 5.25. The first-order valence-corrected chi connectivity index (χ1v) is 6.95. The van der Waals surface area contributed by atoms with Gasteiger partial charge in [-0.25, -0.2) is 0 Å². The molecule has 1 N–H and O–H groups in total. The van der Waals surface area contributed by atoms with E-state index in [0.29, 0.717) is 6.04 Å². The van der Waals surface area contributed by atoms with Gasteiger partial charge in [-0.3, -0.25) is 9.59 Å². The van der Waals surface area contributed by atoms with E-state index in [9.17, 15) is 9.59 Å². The van der Waals surface area contributed by atoms with Gasteiger partial charge in [0.15, 0.2) is 0 Å². The summed E-state index contributed by atoms with van der Waals surface area (Å²) >= 11 is 0. The van der Waals surface area contributed by atoms with Crippen LogP contribution >= 0.6 is 0 Å². The second-order valence-electron chi connectivity index (χ2n) is 6.66. The first-order chi connectivity index (χ1) is 8.76. The van der Waals surface area contributed by atoms with Gasteiger partial charge in [0.2, 0.25) is 5.91 Å². The largest absolute Gasteiger partial charge is 0.481 e. The van der Waals surface area contributed by atoms with Gasteiger partial charge in [0.05, 0.1) is 11.8 Å². The fourth-order valence-corrected chi connectivity index (χ4v) is 3.33. The van der Waals surface area contributed by atoms with Crippen molar-refractivity contribution in [3.8, 4) is 0 Å². The highest BCUT2D eigenvalue weighted by Gasteiger charge is 2.66. The number of hydrogen-bond acceptors (Lipinski definition) is 3. The predicted octanol–water partition coefficient (Wildman–Crippen LogP) is 0.896. The van der Waals surface area contributed by atoms with E-state index in [4.69, 9.17) is 5.11 Å². The van der Waals surface area contributed by atoms with E-state index in [1.807, 2.05) is 32.8 Å². The Morgan fingerprint density at radius 3 is 2.37 bits per heavy atom. The third-order valence-corrected chi connectivity index (χ3v) is 4.80. The molecule has 1 saturated heterocycles. The van der Waals surface area contributed by atoms with Crippen molar-refractivity contribution in [2.24, 2.45) is 17.3 Å². The zero-order valence-electron chi connectivity index (χ0n) is 12.2. The number of amides is 1. The SMILES string of the molecule is CN(C)C1CCCN(C(=O)[C@H]2[C@@H](C(=O)O)C2(C)C)C1. The van der Waals surface area contributed by atoms with Gasteiger partial charge in [0, 0.05) is 19.1 Å². The maximum absolute atomic E-state index is 12.5. The highest BCUT2D eigenvalue weighted by molar-refractivity contribution is 5.91. The molecule has 0 spiro atoms. The molecule has 0 bridgehead atoms.